The summed E-state index contributed by atoms with van der Waals surface area (Å²) in [6.07, 6.45) is 3.79. The number of nitrogens with zero attached hydrogens (tertiary/aromatic N) is 4. The third-order valence-corrected chi connectivity index (χ3v) is 4.79. The molecule has 0 spiro atoms. The van der Waals surface area contributed by atoms with Crippen LogP contribution in [0.3, 0.4) is 0 Å². The van der Waals surface area contributed by atoms with Gasteiger partial charge in [0, 0.05) is 31.7 Å². The van der Waals surface area contributed by atoms with Gasteiger partial charge in [0.05, 0.1) is 12.6 Å². The molecule has 0 fully saturated rings. The maximum Gasteiger partial charge on any atom is 0.271 e. The molecule has 0 N–H and O–H groups in total. The van der Waals surface area contributed by atoms with Crippen LogP contribution < -0.4 is 0 Å². The molecule has 24 heavy (non-hydrogen) atoms. The molecule has 1 aromatic carbocycles. The van der Waals surface area contributed by atoms with Crippen LogP contribution in [0.1, 0.15) is 33.6 Å². The molecule has 1 aliphatic heterocycles. The molecule has 5 nitrogen and oxygen atoms in total. The fraction of sp³-hybridized carbons (Fsp3) is 0.263. The normalized spacial score (nSPS) is 16.9. The molecule has 122 valence electrons. The van der Waals surface area contributed by atoms with Crippen LogP contribution in [-0.2, 0) is 20.1 Å². The minimum absolute atomic E-state index is 0.00833. The van der Waals surface area contributed by atoms with E-state index in [-0.39, 0.29) is 11.9 Å². The van der Waals surface area contributed by atoms with Crippen molar-refractivity contribution >= 4 is 5.91 Å². The van der Waals surface area contributed by atoms with Crippen LogP contribution in [-0.4, -0.2) is 24.9 Å². The highest BCUT2D eigenvalue weighted by atomic mass is 16.2. The molecule has 4 rings (SSSR count). The second kappa shape index (κ2) is 5.67. The van der Waals surface area contributed by atoms with Gasteiger partial charge < -0.3 is 14.0 Å². The highest BCUT2D eigenvalue weighted by molar-refractivity contribution is 5.93. The average molecular weight is 320 g/mol. The quantitative estimate of drug-likeness (QED) is 0.728. The molecule has 0 bridgehead atoms. The Morgan fingerprint density at radius 2 is 1.96 bits per heavy atom. The zero-order valence-electron chi connectivity index (χ0n) is 13.9. The van der Waals surface area contributed by atoms with Gasteiger partial charge in [0.25, 0.3) is 5.91 Å². The number of benzene rings is 1. The van der Waals surface area contributed by atoms with E-state index in [9.17, 15) is 4.79 Å². The lowest BCUT2D eigenvalue weighted by atomic mass is 10.0. The topological polar surface area (TPSA) is 43.1 Å². The van der Waals surface area contributed by atoms with Crippen molar-refractivity contribution in [2.24, 2.45) is 7.05 Å². The lowest BCUT2D eigenvalue weighted by Crippen LogP contribution is -2.42. The Balaban J connectivity index is 1.77. The van der Waals surface area contributed by atoms with Crippen molar-refractivity contribution in [1.82, 2.24) is 19.0 Å². The summed E-state index contributed by atoms with van der Waals surface area (Å²) >= 11 is 0. The summed E-state index contributed by atoms with van der Waals surface area (Å²) in [7, 11) is 1.90. The predicted octanol–water partition coefficient (Wildman–Crippen LogP) is 2.93. The van der Waals surface area contributed by atoms with Gasteiger partial charge in [0.1, 0.15) is 11.5 Å². The van der Waals surface area contributed by atoms with E-state index in [1.807, 2.05) is 59.2 Å². The van der Waals surface area contributed by atoms with Crippen molar-refractivity contribution in [1.29, 1.82) is 0 Å². The second-order valence-electron chi connectivity index (χ2n) is 6.29. The molecule has 0 aliphatic carbocycles. The van der Waals surface area contributed by atoms with Crippen molar-refractivity contribution in [3.05, 3.63) is 77.6 Å². The Morgan fingerprint density at radius 1 is 1.17 bits per heavy atom. The summed E-state index contributed by atoms with van der Waals surface area (Å²) in [6, 6.07) is 14.0. The minimum atomic E-state index is 0.00833. The third kappa shape index (κ3) is 2.33. The molecule has 3 aromatic rings. The molecule has 1 atom stereocenters. The summed E-state index contributed by atoms with van der Waals surface area (Å²) < 4.78 is 4.09. The summed E-state index contributed by atoms with van der Waals surface area (Å²) in [5.74, 6) is 0.991. The first-order valence-electron chi connectivity index (χ1n) is 8.13. The highest BCUT2D eigenvalue weighted by Gasteiger charge is 2.33. The minimum Gasteiger partial charge on any atom is -0.347 e. The first kappa shape index (κ1) is 14.8. The number of rotatable bonds is 2. The van der Waals surface area contributed by atoms with E-state index in [0.29, 0.717) is 12.2 Å². The van der Waals surface area contributed by atoms with E-state index in [2.05, 4.69) is 28.6 Å². The average Bonchev–Trinajstić information content (AvgIpc) is 3.20. The Kier molecular flexibility index (Phi) is 3.49. The molecule has 0 radical (unpaired) electrons. The van der Waals surface area contributed by atoms with Crippen LogP contribution in [0, 0.1) is 6.92 Å². The number of hydrogen-bond donors (Lipinski definition) is 0. The molecule has 3 heterocycles. The van der Waals surface area contributed by atoms with Gasteiger partial charge >= 0.3 is 0 Å². The molecular weight excluding hydrogens is 300 g/mol. The first-order chi connectivity index (χ1) is 11.6. The highest BCUT2D eigenvalue weighted by Crippen LogP contribution is 2.31. The maximum atomic E-state index is 13.2. The molecular formula is C19H20N4O. The Labute approximate surface area is 141 Å². The van der Waals surface area contributed by atoms with Gasteiger partial charge in [-0.2, -0.15) is 0 Å². The van der Waals surface area contributed by atoms with Crippen molar-refractivity contribution in [3.8, 4) is 0 Å². The molecule has 1 amide bonds. The zero-order chi connectivity index (χ0) is 16.7. The fourth-order valence-electron chi connectivity index (χ4n) is 3.42. The van der Waals surface area contributed by atoms with Crippen LogP contribution >= 0.6 is 0 Å². The largest absolute Gasteiger partial charge is 0.347 e. The number of aromatic nitrogens is 3. The molecule has 0 saturated heterocycles. The Bertz CT molecular complexity index is 878. The van der Waals surface area contributed by atoms with E-state index >= 15 is 0 Å². The molecule has 2 aromatic heterocycles. The molecule has 0 unspecified atom stereocenters. The second-order valence-corrected chi connectivity index (χ2v) is 6.29. The van der Waals surface area contributed by atoms with Gasteiger partial charge in [-0.05, 0) is 24.6 Å². The fourth-order valence-corrected chi connectivity index (χ4v) is 3.42. The van der Waals surface area contributed by atoms with E-state index in [1.165, 1.54) is 0 Å². The summed E-state index contributed by atoms with van der Waals surface area (Å²) in [6.45, 7) is 3.33. The summed E-state index contributed by atoms with van der Waals surface area (Å²) in [5, 5.41) is 0. The Morgan fingerprint density at radius 3 is 2.67 bits per heavy atom. The van der Waals surface area contributed by atoms with E-state index in [4.69, 9.17) is 0 Å². The number of carbonyl (C=O) groups excluding carboxylic acids is 1. The van der Waals surface area contributed by atoms with E-state index in [1.54, 1.807) is 0 Å². The summed E-state index contributed by atoms with van der Waals surface area (Å²) in [5.41, 5.74) is 2.99. The lowest BCUT2D eigenvalue weighted by Gasteiger charge is -2.37. The zero-order valence-corrected chi connectivity index (χ0v) is 13.9. The van der Waals surface area contributed by atoms with E-state index in [0.717, 1.165) is 23.6 Å². The third-order valence-electron chi connectivity index (χ3n) is 4.79. The molecule has 5 heteroatoms. The smallest absolute Gasteiger partial charge is 0.271 e. The number of aryl methyl sites for hydroxylation is 2. The first-order valence-corrected chi connectivity index (χ1v) is 8.13. The van der Waals surface area contributed by atoms with Gasteiger partial charge in [0.15, 0.2) is 0 Å². The monoisotopic (exact) mass is 320 g/mol. The van der Waals surface area contributed by atoms with Gasteiger partial charge in [-0.15, -0.1) is 0 Å². The van der Waals surface area contributed by atoms with Gasteiger partial charge in [-0.3, -0.25) is 4.79 Å². The number of carbonyl (C=O) groups is 1. The maximum absolute atomic E-state index is 13.2. The van der Waals surface area contributed by atoms with E-state index < -0.39 is 0 Å². The van der Waals surface area contributed by atoms with Gasteiger partial charge in [-0.1, -0.05) is 30.3 Å². The SMILES string of the molecule is Cc1cnc2n1C[C@@H](c1ccccc1)N(C(=O)c1cccn1C)C2. The van der Waals surface area contributed by atoms with Crippen LogP contribution in [0.2, 0.25) is 0 Å². The van der Waals surface area contributed by atoms with Crippen LogP contribution in [0.5, 0.6) is 0 Å². The molecule has 1 aliphatic rings. The number of imidazole rings is 1. The van der Waals surface area contributed by atoms with Crippen molar-refractivity contribution in [2.75, 3.05) is 0 Å². The predicted molar refractivity (Wildman–Crippen MR) is 91.4 cm³/mol. The molecule has 0 saturated carbocycles. The summed E-state index contributed by atoms with van der Waals surface area (Å²) in [4.78, 5) is 19.6. The standard InChI is InChI=1S/C19H20N4O/c1-14-11-20-18-13-23(19(24)16-9-6-10-21(16)2)17(12-22(14)18)15-7-4-3-5-8-15/h3-11,17H,12-13H2,1-2H3/t17-/m0/s1. The van der Waals surface area contributed by atoms with Gasteiger partial charge in [0.2, 0.25) is 0 Å². The van der Waals surface area contributed by atoms with Crippen LogP contribution in [0.15, 0.2) is 54.9 Å². The lowest BCUT2D eigenvalue weighted by molar-refractivity contribution is 0.0573. The number of fused-ring (bicyclic) bond motifs is 1. The van der Waals surface area contributed by atoms with Crippen molar-refractivity contribution in [2.45, 2.75) is 26.1 Å². The number of amides is 1. The Hall–Kier alpha value is -2.82. The van der Waals surface area contributed by atoms with Gasteiger partial charge in [-0.25, -0.2) is 4.98 Å². The number of hydrogen-bond acceptors (Lipinski definition) is 2. The van der Waals surface area contributed by atoms with Crippen LogP contribution in [0.25, 0.3) is 0 Å². The van der Waals surface area contributed by atoms with Crippen molar-refractivity contribution in [3.63, 3.8) is 0 Å². The van der Waals surface area contributed by atoms with Crippen LogP contribution in [0.4, 0.5) is 0 Å². The van der Waals surface area contributed by atoms with Crippen molar-refractivity contribution < 1.29 is 4.79 Å².